The zero-order valence-corrected chi connectivity index (χ0v) is 16.2. The number of pyridine rings is 1. The Labute approximate surface area is 171 Å². The molecular formula is C21H16F6N2O2. The molecule has 0 radical (unpaired) electrons. The molecule has 0 spiro atoms. The molecule has 3 rings (SSSR count). The fourth-order valence-electron chi connectivity index (χ4n) is 3.40. The lowest BCUT2D eigenvalue weighted by atomic mass is 9.92. The highest BCUT2D eigenvalue weighted by molar-refractivity contribution is 5.89. The van der Waals surface area contributed by atoms with Gasteiger partial charge in [-0.1, -0.05) is 6.07 Å². The van der Waals surface area contributed by atoms with E-state index in [4.69, 9.17) is 0 Å². The third-order valence-corrected chi connectivity index (χ3v) is 4.91. The van der Waals surface area contributed by atoms with Crippen molar-refractivity contribution >= 4 is 16.8 Å². The molecule has 0 aliphatic carbocycles. The van der Waals surface area contributed by atoms with E-state index >= 15 is 0 Å². The molecule has 2 N–H and O–H groups in total. The van der Waals surface area contributed by atoms with Gasteiger partial charge in [-0.2, -0.15) is 13.2 Å². The molecule has 0 saturated heterocycles. The van der Waals surface area contributed by atoms with Crippen LogP contribution in [0.2, 0.25) is 0 Å². The largest absolute Gasteiger partial charge is 0.417 e. The Morgan fingerprint density at radius 3 is 2.23 bits per heavy atom. The van der Waals surface area contributed by atoms with Gasteiger partial charge in [-0.15, -0.1) is 0 Å². The van der Waals surface area contributed by atoms with E-state index in [1.807, 2.05) is 0 Å². The number of nitrogens with one attached hydrogen (secondary N) is 2. The van der Waals surface area contributed by atoms with Crippen LogP contribution in [0.4, 0.5) is 26.3 Å². The van der Waals surface area contributed by atoms with E-state index in [0.29, 0.717) is 12.1 Å². The Bertz CT molecular complexity index is 1220. The van der Waals surface area contributed by atoms with Gasteiger partial charge in [0.15, 0.2) is 0 Å². The topological polar surface area (TPSA) is 62.0 Å². The number of hydrogen-bond donors (Lipinski definition) is 2. The fourth-order valence-corrected chi connectivity index (χ4v) is 3.40. The highest BCUT2D eigenvalue weighted by Crippen LogP contribution is 2.38. The van der Waals surface area contributed by atoms with Crippen LogP contribution in [0.1, 0.15) is 42.5 Å². The van der Waals surface area contributed by atoms with Crippen molar-refractivity contribution in [2.45, 2.75) is 32.0 Å². The Morgan fingerprint density at radius 1 is 1.00 bits per heavy atom. The first-order valence-corrected chi connectivity index (χ1v) is 9.08. The highest BCUT2D eigenvalue weighted by atomic mass is 19.4. The summed E-state index contributed by atoms with van der Waals surface area (Å²) in [5.74, 6) is -5.34. The van der Waals surface area contributed by atoms with Crippen molar-refractivity contribution in [1.29, 1.82) is 0 Å². The average molecular weight is 442 g/mol. The van der Waals surface area contributed by atoms with Crippen molar-refractivity contribution in [1.82, 2.24) is 10.3 Å². The van der Waals surface area contributed by atoms with Crippen molar-refractivity contribution in [2.24, 2.45) is 0 Å². The number of carbonyl (C=O) groups is 1. The number of alkyl halides is 3. The Balaban J connectivity index is 2.05. The Hall–Kier alpha value is -3.30. The van der Waals surface area contributed by atoms with Crippen molar-refractivity contribution in [3.8, 4) is 0 Å². The molecule has 0 fully saturated rings. The van der Waals surface area contributed by atoms with Crippen LogP contribution in [-0.2, 0) is 11.0 Å². The minimum absolute atomic E-state index is 0.0903. The van der Waals surface area contributed by atoms with Gasteiger partial charge in [0.2, 0.25) is 5.91 Å². The summed E-state index contributed by atoms with van der Waals surface area (Å²) in [6.07, 6.45) is -5.06. The van der Waals surface area contributed by atoms with Gasteiger partial charge in [0.05, 0.1) is 17.5 Å². The van der Waals surface area contributed by atoms with Crippen molar-refractivity contribution < 1.29 is 31.1 Å². The molecule has 1 aromatic heterocycles. The number of fused-ring (bicyclic) bond motifs is 1. The minimum Gasteiger partial charge on any atom is -0.349 e. The summed E-state index contributed by atoms with van der Waals surface area (Å²) < 4.78 is 82.2. The lowest BCUT2D eigenvalue weighted by Gasteiger charge is -2.21. The maximum Gasteiger partial charge on any atom is 0.417 e. The van der Waals surface area contributed by atoms with E-state index in [2.05, 4.69) is 10.3 Å². The van der Waals surface area contributed by atoms with Gasteiger partial charge in [0, 0.05) is 28.1 Å². The second kappa shape index (κ2) is 8.09. The number of rotatable bonds is 4. The van der Waals surface area contributed by atoms with Crippen LogP contribution in [0.5, 0.6) is 0 Å². The lowest BCUT2D eigenvalue weighted by molar-refractivity contribution is -0.137. The van der Waals surface area contributed by atoms with Crippen LogP contribution in [0.15, 0.2) is 41.2 Å². The van der Waals surface area contributed by atoms with Gasteiger partial charge >= 0.3 is 6.18 Å². The Kier molecular flexibility index (Phi) is 5.84. The van der Waals surface area contributed by atoms with Gasteiger partial charge in [-0.25, -0.2) is 13.2 Å². The quantitative estimate of drug-likeness (QED) is 0.562. The molecule has 164 valence electrons. The van der Waals surface area contributed by atoms with Crippen molar-refractivity contribution in [3.63, 3.8) is 0 Å². The summed E-state index contributed by atoms with van der Waals surface area (Å²) in [6, 6.07) is 4.15. The fraction of sp³-hybridized carbons (Fsp3) is 0.238. The zero-order valence-electron chi connectivity index (χ0n) is 16.2. The average Bonchev–Trinajstić information content (AvgIpc) is 2.65. The molecule has 1 heterocycles. The molecule has 10 heteroatoms. The molecule has 2 atom stereocenters. The zero-order chi connectivity index (χ0) is 23.1. The second-order valence-corrected chi connectivity index (χ2v) is 7.05. The summed E-state index contributed by atoms with van der Waals surface area (Å²) in [5.41, 5.74) is -3.80. The maximum atomic E-state index is 13.9. The molecule has 0 aliphatic rings. The molecule has 3 aromatic rings. The number of benzene rings is 2. The Morgan fingerprint density at radius 2 is 1.61 bits per heavy atom. The summed E-state index contributed by atoms with van der Waals surface area (Å²) in [5, 5.41) is 1.73. The van der Waals surface area contributed by atoms with Crippen LogP contribution in [0, 0.1) is 17.5 Å². The number of hydrogen-bond acceptors (Lipinski definition) is 2. The van der Waals surface area contributed by atoms with Crippen LogP contribution < -0.4 is 10.9 Å². The summed E-state index contributed by atoms with van der Waals surface area (Å²) in [7, 11) is 0. The normalized spacial score (nSPS) is 13.8. The molecule has 4 nitrogen and oxygen atoms in total. The highest BCUT2D eigenvalue weighted by Gasteiger charge is 2.40. The monoisotopic (exact) mass is 442 g/mol. The molecule has 0 bridgehead atoms. The first-order chi connectivity index (χ1) is 14.4. The number of halogens is 6. The minimum atomic E-state index is -5.06. The number of aromatic nitrogens is 1. The van der Waals surface area contributed by atoms with Crippen LogP contribution in [0.25, 0.3) is 10.9 Å². The summed E-state index contributed by atoms with van der Waals surface area (Å²) >= 11 is 0. The molecule has 0 unspecified atom stereocenters. The number of amides is 1. The van der Waals surface area contributed by atoms with Crippen LogP contribution in [0.3, 0.4) is 0 Å². The van der Waals surface area contributed by atoms with E-state index < -0.39 is 63.6 Å². The summed E-state index contributed by atoms with van der Waals surface area (Å²) in [4.78, 5) is 27.3. The molecule has 1 amide bonds. The lowest BCUT2D eigenvalue weighted by Crippen LogP contribution is -2.35. The number of carbonyl (C=O) groups excluding carboxylic acids is 1. The van der Waals surface area contributed by atoms with Gasteiger partial charge in [0.1, 0.15) is 17.5 Å². The SMILES string of the molecule is C[C@H](NC(=O)[C@H](C)c1c(C(F)(F)F)c2cc(F)ccc2[nH]c1=O)c1ccc(F)cc1F. The van der Waals surface area contributed by atoms with E-state index in [9.17, 15) is 35.9 Å². The van der Waals surface area contributed by atoms with E-state index in [1.54, 1.807) is 0 Å². The van der Waals surface area contributed by atoms with Gasteiger partial charge in [0.25, 0.3) is 5.56 Å². The van der Waals surface area contributed by atoms with Crippen molar-refractivity contribution in [2.75, 3.05) is 0 Å². The van der Waals surface area contributed by atoms with Crippen molar-refractivity contribution in [3.05, 3.63) is 80.9 Å². The molecular weight excluding hydrogens is 426 g/mol. The molecule has 0 aliphatic heterocycles. The van der Waals surface area contributed by atoms with E-state index in [1.165, 1.54) is 6.92 Å². The van der Waals surface area contributed by atoms with E-state index in [-0.39, 0.29) is 11.1 Å². The van der Waals surface area contributed by atoms with Gasteiger partial charge in [-0.05, 0) is 38.1 Å². The number of H-pyrrole nitrogens is 1. The first-order valence-electron chi connectivity index (χ1n) is 9.08. The standard InChI is InChI=1S/C21H16F6N2O2/c1-9(19(30)28-10(2)13-5-3-12(23)8-15(13)24)17-18(21(25,26)27)14-7-11(22)4-6-16(14)29-20(17)31/h3-10H,1-2H3,(H,28,30)(H,29,31)/t9-,10+/m1/s1. The number of aromatic amines is 1. The van der Waals surface area contributed by atoms with Gasteiger partial charge < -0.3 is 10.3 Å². The second-order valence-electron chi connectivity index (χ2n) is 7.05. The maximum absolute atomic E-state index is 13.9. The predicted molar refractivity (Wildman–Crippen MR) is 101 cm³/mol. The third-order valence-electron chi connectivity index (χ3n) is 4.91. The molecule has 2 aromatic carbocycles. The molecule has 31 heavy (non-hydrogen) atoms. The smallest absolute Gasteiger partial charge is 0.349 e. The predicted octanol–water partition coefficient (Wildman–Crippen LogP) is 4.95. The first kappa shape index (κ1) is 22.4. The van der Waals surface area contributed by atoms with Crippen LogP contribution >= 0.6 is 0 Å². The van der Waals surface area contributed by atoms with E-state index in [0.717, 1.165) is 31.2 Å². The molecule has 0 saturated carbocycles. The van der Waals surface area contributed by atoms with Crippen LogP contribution in [-0.4, -0.2) is 10.9 Å². The third kappa shape index (κ3) is 4.42. The van der Waals surface area contributed by atoms with Gasteiger partial charge in [-0.3, -0.25) is 9.59 Å². The summed E-state index contributed by atoms with van der Waals surface area (Å²) in [6.45, 7) is 2.43.